The first-order chi connectivity index (χ1) is 10.3. The summed E-state index contributed by atoms with van der Waals surface area (Å²) >= 11 is 0. The van der Waals surface area contributed by atoms with Gasteiger partial charge in [-0.05, 0) is 30.9 Å². The van der Waals surface area contributed by atoms with E-state index < -0.39 is 33.1 Å². The van der Waals surface area contributed by atoms with Crippen LogP contribution in [0.2, 0.25) is 0 Å². The van der Waals surface area contributed by atoms with Gasteiger partial charge in [-0.2, -0.15) is 0 Å². The van der Waals surface area contributed by atoms with E-state index >= 15 is 0 Å². The van der Waals surface area contributed by atoms with Gasteiger partial charge in [-0.15, -0.1) is 0 Å². The number of benzene rings is 1. The number of amides is 1. The van der Waals surface area contributed by atoms with Crippen molar-refractivity contribution in [1.29, 1.82) is 0 Å². The maximum atomic E-state index is 13.5. The molecule has 1 heterocycles. The van der Waals surface area contributed by atoms with Gasteiger partial charge in [0.25, 0.3) is 5.91 Å². The number of rotatable bonds is 4. The first kappa shape index (κ1) is 16.8. The number of nitrogens with one attached hydrogen (secondary N) is 1. The molecule has 122 valence electrons. The SMILES string of the molecule is CS(=O)(=O)N1CCC(CNC(=O)c2c(F)cccc2F)CC1. The summed E-state index contributed by atoms with van der Waals surface area (Å²) in [6.45, 7) is 1.06. The van der Waals surface area contributed by atoms with Crippen LogP contribution in [0.15, 0.2) is 18.2 Å². The average molecular weight is 332 g/mol. The minimum absolute atomic E-state index is 0.0942. The highest BCUT2D eigenvalue weighted by Crippen LogP contribution is 2.19. The molecule has 0 bridgehead atoms. The highest BCUT2D eigenvalue weighted by atomic mass is 32.2. The van der Waals surface area contributed by atoms with E-state index in [1.807, 2.05) is 0 Å². The van der Waals surface area contributed by atoms with Crippen LogP contribution in [0.4, 0.5) is 8.78 Å². The summed E-state index contributed by atoms with van der Waals surface area (Å²) in [5, 5.41) is 2.52. The van der Waals surface area contributed by atoms with Gasteiger partial charge in [0.15, 0.2) is 0 Å². The van der Waals surface area contributed by atoms with Crippen LogP contribution in [0, 0.1) is 17.6 Å². The molecule has 0 aromatic heterocycles. The second-order valence-corrected chi connectivity index (χ2v) is 7.39. The molecule has 0 radical (unpaired) electrons. The molecule has 0 unspecified atom stereocenters. The van der Waals surface area contributed by atoms with E-state index in [0.717, 1.165) is 18.4 Å². The summed E-state index contributed by atoms with van der Waals surface area (Å²) < 4.78 is 51.1. The number of sulfonamides is 1. The third kappa shape index (κ3) is 4.01. The van der Waals surface area contributed by atoms with Crippen LogP contribution in [0.5, 0.6) is 0 Å². The lowest BCUT2D eigenvalue weighted by molar-refractivity contribution is 0.0933. The van der Waals surface area contributed by atoms with Crippen molar-refractivity contribution >= 4 is 15.9 Å². The molecule has 1 amide bonds. The molecule has 1 aromatic rings. The molecule has 1 fully saturated rings. The lowest BCUT2D eigenvalue weighted by Gasteiger charge is -2.30. The minimum Gasteiger partial charge on any atom is -0.352 e. The van der Waals surface area contributed by atoms with Gasteiger partial charge in [-0.1, -0.05) is 6.07 Å². The summed E-state index contributed by atoms with van der Waals surface area (Å²) in [6, 6.07) is 3.26. The third-order valence-electron chi connectivity index (χ3n) is 3.78. The Kier molecular flexibility index (Phi) is 5.12. The fourth-order valence-corrected chi connectivity index (χ4v) is 3.36. The minimum atomic E-state index is -3.19. The smallest absolute Gasteiger partial charge is 0.257 e. The molecule has 8 heteroatoms. The lowest BCUT2D eigenvalue weighted by Crippen LogP contribution is -2.41. The first-order valence-corrected chi connectivity index (χ1v) is 8.81. The zero-order valence-corrected chi connectivity index (χ0v) is 13.0. The quantitative estimate of drug-likeness (QED) is 0.905. The van der Waals surface area contributed by atoms with Crippen LogP contribution in [0.1, 0.15) is 23.2 Å². The van der Waals surface area contributed by atoms with E-state index in [1.165, 1.54) is 10.4 Å². The van der Waals surface area contributed by atoms with E-state index in [0.29, 0.717) is 25.9 Å². The molecule has 1 aliphatic heterocycles. The van der Waals surface area contributed by atoms with Crippen molar-refractivity contribution in [2.24, 2.45) is 5.92 Å². The molecule has 5 nitrogen and oxygen atoms in total. The van der Waals surface area contributed by atoms with Crippen molar-refractivity contribution in [3.63, 3.8) is 0 Å². The number of carbonyl (C=O) groups excluding carboxylic acids is 1. The highest BCUT2D eigenvalue weighted by molar-refractivity contribution is 7.88. The summed E-state index contributed by atoms with van der Waals surface area (Å²) in [6.07, 6.45) is 2.37. The highest BCUT2D eigenvalue weighted by Gasteiger charge is 2.25. The fourth-order valence-electron chi connectivity index (χ4n) is 2.49. The zero-order valence-electron chi connectivity index (χ0n) is 12.2. The Hall–Kier alpha value is -1.54. The maximum Gasteiger partial charge on any atom is 0.257 e. The maximum absolute atomic E-state index is 13.5. The molecule has 0 saturated carbocycles. The molecule has 0 aliphatic carbocycles. The normalized spacial score (nSPS) is 17.4. The number of carbonyl (C=O) groups is 1. The predicted molar refractivity (Wildman–Crippen MR) is 77.8 cm³/mol. The van der Waals surface area contributed by atoms with Gasteiger partial charge in [0, 0.05) is 19.6 Å². The Morgan fingerprint density at radius 3 is 2.32 bits per heavy atom. The summed E-state index contributed by atoms with van der Waals surface area (Å²) in [5.41, 5.74) is -0.587. The first-order valence-electron chi connectivity index (χ1n) is 6.96. The monoisotopic (exact) mass is 332 g/mol. The van der Waals surface area contributed by atoms with Crippen LogP contribution in [-0.2, 0) is 10.0 Å². The average Bonchev–Trinajstić information content (AvgIpc) is 2.44. The van der Waals surface area contributed by atoms with E-state index in [4.69, 9.17) is 0 Å². The number of hydrogen-bond acceptors (Lipinski definition) is 3. The van der Waals surface area contributed by atoms with Gasteiger partial charge in [-0.25, -0.2) is 21.5 Å². The van der Waals surface area contributed by atoms with Gasteiger partial charge >= 0.3 is 0 Å². The molecule has 1 aromatic carbocycles. The van der Waals surface area contributed by atoms with E-state index in [1.54, 1.807) is 0 Å². The lowest BCUT2D eigenvalue weighted by atomic mass is 9.98. The van der Waals surface area contributed by atoms with Crippen LogP contribution in [-0.4, -0.2) is 44.5 Å². The third-order valence-corrected chi connectivity index (χ3v) is 5.09. The summed E-state index contributed by atoms with van der Waals surface area (Å²) in [7, 11) is -3.19. The number of nitrogens with zero attached hydrogens (tertiary/aromatic N) is 1. The molecular weight excluding hydrogens is 314 g/mol. The number of hydrogen-bond donors (Lipinski definition) is 1. The molecule has 0 spiro atoms. The van der Waals surface area contributed by atoms with Crippen molar-refractivity contribution in [1.82, 2.24) is 9.62 Å². The van der Waals surface area contributed by atoms with Gasteiger partial charge in [0.05, 0.1) is 6.26 Å². The number of halogens is 2. The van der Waals surface area contributed by atoms with Crippen LogP contribution in [0.25, 0.3) is 0 Å². The van der Waals surface area contributed by atoms with Gasteiger partial charge in [0.2, 0.25) is 10.0 Å². The van der Waals surface area contributed by atoms with E-state index in [-0.39, 0.29) is 12.5 Å². The molecule has 2 rings (SSSR count). The standard InChI is InChI=1S/C14H18F2N2O3S/c1-22(20,21)18-7-5-10(6-8-18)9-17-14(19)13-11(15)3-2-4-12(13)16/h2-4,10H,5-9H2,1H3,(H,17,19). The molecule has 1 saturated heterocycles. The zero-order chi connectivity index (χ0) is 16.3. The molecule has 1 N–H and O–H groups in total. The summed E-state index contributed by atoms with van der Waals surface area (Å²) in [5.74, 6) is -2.49. The van der Waals surface area contributed by atoms with Crippen molar-refractivity contribution in [3.05, 3.63) is 35.4 Å². The van der Waals surface area contributed by atoms with Crippen molar-refractivity contribution < 1.29 is 22.0 Å². The van der Waals surface area contributed by atoms with E-state index in [2.05, 4.69) is 5.32 Å². The topological polar surface area (TPSA) is 66.5 Å². The van der Waals surface area contributed by atoms with Crippen LogP contribution >= 0.6 is 0 Å². The fraction of sp³-hybridized carbons (Fsp3) is 0.500. The predicted octanol–water partition coefficient (Wildman–Crippen LogP) is 1.37. The van der Waals surface area contributed by atoms with Crippen molar-refractivity contribution in [2.75, 3.05) is 25.9 Å². The second kappa shape index (κ2) is 6.70. The molecular formula is C14H18F2N2O3S. The van der Waals surface area contributed by atoms with Crippen molar-refractivity contribution in [2.45, 2.75) is 12.8 Å². The van der Waals surface area contributed by atoms with Gasteiger partial charge in [-0.3, -0.25) is 4.79 Å². The molecule has 0 atom stereocenters. The molecule has 1 aliphatic rings. The van der Waals surface area contributed by atoms with Crippen molar-refractivity contribution in [3.8, 4) is 0 Å². The largest absolute Gasteiger partial charge is 0.352 e. The second-order valence-electron chi connectivity index (χ2n) is 5.41. The Bertz CT molecular complexity index is 636. The molecule has 22 heavy (non-hydrogen) atoms. The van der Waals surface area contributed by atoms with Crippen LogP contribution in [0.3, 0.4) is 0 Å². The van der Waals surface area contributed by atoms with Gasteiger partial charge < -0.3 is 5.32 Å². The Morgan fingerprint density at radius 2 is 1.82 bits per heavy atom. The van der Waals surface area contributed by atoms with Gasteiger partial charge in [0.1, 0.15) is 17.2 Å². The number of piperidine rings is 1. The van der Waals surface area contributed by atoms with E-state index in [9.17, 15) is 22.0 Å². The Labute approximate surface area is 128 Å². The summed E-state index contributed by atoms with van der Waals surface area (Å²) in [4.78, 5) is 11.9. The van der Waals surface area contributed by atoms with Crippen LogP contribution < -0.4 is 5.32 Å². The Balaban J connectivity index is 1.88. The Morgan fingerprint density at radius 1 is 1.27 bits per heavy atom.